The maximum atomic E-state index is 5.37. The zero-order chi connectivity index (χ0) is 12.8. The van der Waals surface area contributed by atoms with Crippen molar-refractivity contribution >= 4 is 0 Å². The topological polar surface area (TPSA) is 21.3 Å². The molecule has 1 aromatic rings. The van der Waals surface area contributed by atoms with Crippen LogP contribution in [0.3, 0.4) is 0 Å². The van der Waals surface area contributed by atoms with Crippen LogP contribution >= 0.6 is 0 Å². The minimum absolute atomic E-state index is 0.263. The molecule has 0 aliphatic rings. The van der Waals surface area contributed by atoms with E-state index in [1.807, 2.05) is 0 Å². The minimum Gasteiger partial charge on any atom is -0.496 e. The number of hydrogen-bond acceptors (Lipinski definition) is 2. The summed E-state index contributed by atoms with van der Waals surface area (Å²) in [7, 11) is 1.72. The minimum atomic E-state index is 0.263. The molecule has 1 rings (SSSR count). The summed E-state index contributed by atoms with van der Waals surface area (Å²) in [6.45, 7) is 9.37. The Morgan fingerprint density at radius 2 is 2.12 bits per heavy atom. The highest BCUT2D eigenvalue weighted by molar-refractivity contribution is 5.39. The van der Waals surface area contributed by atoms with Crippen molar-refractivity contribution in [2.24, 2.45) is 0 Å². The molecule has 0 bridgehead atoms. The van der Waals surface area contributed by atoms with Crippen LogP contribution in [0.1, 0.15) is 37.9 Å². The van der Waals surface area contributed by atoms with Crippen LogP contribution in [0.5, 0.6) is 5.75 Å². The average Bonchev–Trinajstić information content (AvgIpc) is 2.28. The highest BCUT2D eigenvalue weighted by atomic mass is 16.5. The summed E-state index contributed by atoms with van der Waals surface area (Å²) < 4.78 is 5.37. The molecule has 0 spiro atoms. The van der Waals surface area contributed by atoms with Crippen molar-refractivity contribution in [2.45, 2.75) is 33.7 Å². The molecule has 2 nitrogen and oxygen atoms in total. The van der Waals surface area contributed by atoms with E-state index in [4.69, 9.17) is 4.74 Å². The quantitative estimate of drug-likeness (QED) is 0.784. The first kappa shape index (κ1) is 13.8. The van der Waals surface area contributed by atoms with Gasteiger partial charge in [-0.05, 0) is 44.5 Å². The molecule has 2 heteroatoms. The molecule has 0 saturated heterocycles. The second kappa shape index (κ2) is 6.45. The highest BCUT2D eigenvalue weighted by Gasteiger charge is 2.09. The van der Waals surface area contributed by atoms with E-state index in [0.717, 1.165) is 12.3 Å². The van der Waals surface area contributed by atoms with Gasteiger partial charge in [0, 0.05) is 0 Å². The Kier molecular flexibility index (Phi) is 5.23. The molecule has 1 atom stereocenters. The SMILES string of the molecule is CCNC(C=C(C)C)c1ccc(C)c(OC)c1. The maximum Gasteiger partial charge on any atom is 0.122 e. The number of ether oxygens (including phenoxy) is 1. The average molecular weight is 233 g/mol. The molecule has 0 fully saturated rings. The maximum absolute atomic E-state index is 5.37. The van der Waals surface area contributed by atoms with Gasteiger partial charge in [-0.2, -0.15) is 0 Å². The third kappa shape index (κ3) is 3.90. The van der Waals surface area contributed by atoms with Gasteiger partial charge >= 0.3 is 0 Å². The predicted molar refractivity (Wildman–Crippen MR) is 73.6 cm³/mol. The summed E-state index contributed by atoms with van der Waals surface area (Å²) in [4.78, 5) is 0. The van der Waals surface area contributed by atoms with Gasteiger partial charge in [0.15, 0.2) is 0 Å². The summed E-state index contributed by atoms with van der Waals surface area (Å²) in [6.07, 6.45) is 2.24. The fourth-order valence-corrected chi connectivity index (χ4v) is 1.86. The molecule has 1 N–H and O–H groups in total. The number of aryl methyl sites for hydroxylation is 1. The van der Waals surface area contributed by atoms with Crippen molar-refractivity contribution in [3.05, 3.63) is 41.0 Å². The molecule has 0 aromatic heterocycles. The van der Waals surface area contributed by atoms with E-state index < -0.39 is 0 Å². The van der Waals surface area contributed by atoms with Gasteiger partial charge in [0.2, 0.25) is 0 Å². The Balaban J connectivity index is 3.05. The third-order valence-corrected chi connectivity index (χ3v) is 2.72. The second-order valence-corrected chi connectivity index (χ2v) is 4.51. The third-order valence-electron chi connectivity index (χ3n) is 2.72. The van der Waals surface area contributed by atoms with E-state index in [2.05, 4.69) is 57.3 Å². The molecular weight excluding hydrogens is 210 g/mol. The normalized spacial score (nSPS) is 12.1. The highest BCUT2D eigenvalue weighted by Crippen LogP contribution is 2.24. The molecule has 0 aliphatic heterocycles. The number of methoxy groups -OCH3 is 1. The Hall–Kier alpha value is -1.28. The van der Waals surface area contributed by atoms with E-state index >= 15 is 0 Å². The van der Waals surface area contributed by atoms with Crippen LogP contribution in [-0.2, 0) is 0 Å². The van der Waals surface area contributed by atoms with Crippen molar-refractivity contribution in [3.63, 3.8) is 0 Å². The van der Waals surface area contributed by atoms with E-state index in [-0.39, 0.29) is 6.04 Å². The predicted octanol–water partition coefficient (Wildman–Crippen LogP) is 3.62. The van der Waals surface area contributed by atoms with Crippen LogP contribution in [0.15, 0.2) is 29.8 Å². The Labute approximate surface area is 105 Å². The lowest BCUT2D eigenvalue weighted by Gasteiger charge is -2.17. The summed E-state index contributed by atoms with van der Waals surface area (Å²) >= 11 is 0. The van der Waals surface area contributed by atoms with Crippen LogP contribution < -0.4 is 10.1 Å². The zero-order valence-electron chi connectivity index (χ0n) is 11.5. The second-order valence-electron chi connectivity index (χ2n) is 4.51. The van der Waals surface area contributed by atoms with Gasteiger partial charge in [-0.15, -0.1) is 0 Å². The Morgan fingerprint density at radius 1 is 1.41 bits per heavy atom. The van der Waals surface area contributed by atoms with Crippen molar-refractivity contribution in [2.75, 3.05) is 13.7 Å². The van der Waals surface area contributed by atoms with Gasteiger partial charge in [-0.1, -0.05) is 30.7 Å². The molecule has 94 valence electrons. The van der Waals surface area contributed by atoms with E-state index in [1.54, 1.807) is 7.11 Å². The van der Waals surface area contributed by atoms with Crippen molar-refractivity contribution in [3.8, 4) is 5.75 Å². The lowest BCUT2D eigenvalue weighted by Crippen LogP contribution is -2.19. The molecule has 0 radical (unpaired) electrons. The number of hydrogen-bond donors (Lipinski definition) is 1. The molecule has 1 unspecified atom stereocenters. The van der Waals surface area contributed by atoms with E-state index in [0.29, 0.717) is 0 Å². The fourth-order valence-electron chi connectivity index (χ4n) is 1.86. The molecule has 0 aliphatic carbocycles. The first-order chi connectivity index (χ1) is 8.08. The van der Waals surface area contributed by atoms with Crippen LogP contribution in [0.25, 0.3) is 0 Å². The van der Waals surface area contributed by atoms with Gasteiger partial charge in [-0.25, -0.2) is 0 Å². The number of likely N-dealkylation sites (N-methyl/N-ethyl adjacent to an activating group) is 1. The molecule has 0 amide bonds. The number of benzene rings is 1. The Morgan fingerprint density at radius 3 is 2.65 bits per heavy atom. The Bertz CT molecular complexity index is 392. The van der Waals surface area contributed by atoms with Gasteiger partial charge in [0.1, 0.15) is 5.75 Å². The summed E-state index contributed by atoms with van der Waals surface area (Å²) in [6, 6.07) is 6.64. The molecule has 1 aromatic carbocycles. The van der Waals surface area contributed by atoms with Crippen LogP contribution in [-0.4, -0.2) is 13.7 Å². The summed E-state index contributed by atoms with van der Waals surface area (Å²) in [5.41, 5.74) is 3.73. The summed E-state index contributed by atoms with van der Waals surface area (Å²) in [5.74, 6) is 0.951. The first-order valence-electron chi connectivity index (χ1n) is 6.11. The molecule has 0 saturated carbocycles. The van der Waals surface area contributed by atoms with E-state index in [1.165, 1.54) is 16.7 Å². The number of allylic oxidation sites excluding steroid dienone is 1. The molecule has 17 heavy (non-hydrogen) atoms. The molecular formula is C15H23NO. The van der Waals surface area contributed by atoms with Gasteiger partial charge in [-0.3, -0.25) is 0 Å². The van der Waals surface area contributed by atoms with Crippen LogP contribution in [0.4, 0.5) is 0 Å². The summed E-state index contributed by atoms with van der Waals surface area (Å²) in [5, 5.41) is 3.47. The van der Waals surface area contributed by atoms with Crippen LogP contribution in [0.2, 0.25) is 0 Å². The van der Waals surface area contributed by atoms with Crippen LogP contribution in [0, 0.1) is 6.92 Å². The lowest BCUT2D eigenvalue weighted by molar-refractivity contribution is 0.410. The van der Waals surface area contributed by atoms with Gasteiger partial charge < -0.3 is 10.1 Å². The van der Waals surface area contributed by atoms with Crippen molar-refractivity contribution < 1.29 is 4.74 Å². The van der Waals surface area contributed by atoms with Gasteiger partial charge in [0.25, 0.3) is 0 Å². The smallest absolute Gasteiger partial charge is 0.122 e. The fraction of sp³-hybridized carbons (Fsp3) is 0.467. The standard InChI is InChI=1S/C15H23NO/c1-6-16-14(9-11(2)3)13-8-7-12(4)15(10-13)17-5/h7-10,14,16H,6H2,1-5H3. The van der Waals surface area contributed by atoms with Crippen molar-refractivity contribution in [1.82, 2.24) is 5.32 Å². The van der Waals surface area contributed by atoms with Gasteiger partial charge in [0.05, 0.1) is 13.2 Å². The van der Waals surface area contributed by atoms with E-state index in [9.17, 15) is 0 Å². The zero-order valence-corrected chi connectivity index (χ0v) is 11.5. The monoisotopic (exact) mass is 233 g/mol. The first-order valence-corrected chi connectivity index (χ1v) is 6.11. The van der Waals surface area contributed by atoms with Crippen molar-refractivity contribution in [1.29, 1.82) is 0 Å². The molecule has 0 heterocycles. The number of nitrogens with one attached hydrogen (secondary N) is 1. The lowest BCUT2D eigenvalue weighted by atomic mass is 10.0. The number of rotatable bonds is 5. The largest absolute Gasteiger partial charge is 0.496 e.